The first-order valence-corrected chi connectivity index (χ1v) is 8.23. The Morgan fingerprint density at radius 1 is 1.26 bits per heavy atom. The Kier molecular flexibility index (Phi) is 4.41. The maximum atomic E-state index is 12.9. The van der Waals surface area contributed by atoms with Crippen molar-refractivity contribution in [2.24, 2.45) is 4.99 Å². The number of hydrogen-bond donors (Lipinski definition) is 1. The largest absolute Gasteiger partial charge is 0.335 e. The third-order valence-electron chi connectivity index (χ3n) is 3.50. The number of anilines is 1. The molecule has 0 aromatic heterocycles. The number of hydrogen-bond acceptors (Lipinski definition) is 3. The van der Waals surface area contributed by atoms with Crippen molar-refractivity contribution >= 4 is 40.1 Å². The molecule has 2 aromatic rings. The van der Waals surface area contributed by atoms with E-state index >= 15 is 0 Å². The predicted molar refractivity (Wildman–Crippen MR) is 93.6 cm³/mol. The van der Waals surface area contributed by atoms with Crippen molar-refractivity contribution in [3.63, 3.8) is 0 Å². The molecule has 1 aliphatic heterocycles. The van der Waals surface area contributed by atoms with Gasteiger partial charge in [-0.1, -0.05) is 35.5 Å². The second-order valence-corrected chi connectivity index (χ2v) is 7.42. The van der Waals surface area contributed by atoms with Crippen LogP contribution in [0.2, 0.25) is 5.02 Å². The van der Waals surface area contributed by atoms with Crippen LogP contribution < -0.4 is 5.32 Å². The Morgan fingerprint density at radius 2 is 2.00 bits per heavy atom. The van der Waals surface area contributed by atoms with Gasteiger partial charge in [0.2, 0.25) is 0 Å². The molecule has 0 fully saturated rings. The minimum atomic E-state index is -0.674. The highest BCUT2D eigenvalue weighted by Crippen LogP contribution is 2.37. The number of amides is 1. The molecule has 1 unspecified atom stereocenters. The van der Waals surface area contributed by atoms with Gasteiger partial charge in [-0.25, -0.2) is 4.39 Å². The van der Waals surface area contributed by atoms with Gasteiger partial charge in [0, 0.05) is 10.7 Å². The number of amidine groups is 1. The maximum Gasteiger partial charge on any atom is 0.264 e. The standard InChI is InChI=1S/C17H14ClFN2OS/c1-17(10-11-3-2-4-12(18)9-11)15(22)21-16(23-17)20-14-7-5-13(19)6-8-14/h2-9H,10H2,1H3,(H,20,21,22). The number of aliphatic imine (C=N–C) groups is 1. The number of carbonyl (C=O) groups is 1. The molecule has 0 bridgehead atoms. The summed E-state index contributed by atoms with van der Waals surface area (Å²) in [6, 6.07) is 13.4. The van der Waals surface area contributed by atoms with Gasteiger partial charge in [0.15, 0.2) is 5.17 Å². The summed E-state index contributed by atoms with van der Waals surface area (Å²) in [5.41, 5.74) is 1.68. The second-order valence-electron chi connectivity index (χ2n) is 5.49. The van der Waals surface area contributed by atoms with E-state index in [1.54, 1.807) is 18.2 Å². The molecule has 1 aliphatic rings. The summed E-state index contributed by atoms with van der Waals surface area (Å²) in [5.74, 6) is -0.495. The molecule has 23 heavy (non-hydrogen) atoms. The number of nitrogens with one attached hydrogen (secondary N) is 1. The first-order chi connectivity index (χ1) is 10.9. The zero-order chi connectivity index (χ0) is 16.4. The van der Waals surface area contributed by atoms with Crippen LogP contribution in [0.1, 0.15) is 12.5 Å². The summed E-state index contributed by atoms with van der Waals surface area (Å²) in [4.78, 5) is 16.4. The minimum Gasteiger partial charge on any atom is -0.335 e. The fraction of sp³-hybridized carbons (Fsp3) is 0.176. The van der Waals surface area contributed by atoms with Gasteiger partial charge in [0.05, 0.1) is 0 Å². The highest BCUT2D eigenvalue weighted by molar-refractivity contribution is 8.16. The quantitative estimate of drug-likeness (QED) is 0.886. The van der Waals surface area contributed by atoms with Crippen LogP contribution in [0.3, 0.4) is 0 Å². The van der Waals surface area contributed by atoms with Gasteiger partial charge in [0.25, 0.3) is 5.91 Å². The lowest BCUT2D eigenvalue weighted by atomic mass is 10.00. The van der Waals surface area contributed by atoms with E-state index in [9.17, 15) is 9.18 Å². The first kappa shape index (κ1) is 16.0. The smallest absolute Gasteiger partial charge is 0.264 e. The summed E-state index contributed by atoms with van der Waals surface area (Å²) < 4.78 is 12.3. The summed E-state index contributed by atoms with van der Waals surface area (Å²) >= 11 is 7.37. The van der Waals surface area contributed by atoms with E-state index in [4.69, 9.17) is 11.6 Å². The topological polar surface area (TPSA) is 41.5 Å². The number of thioether (sulfide) groups is 1. The Labute approximate surface area is 143 Å². The summed E-state index contributed by atoms with van der Waals surface area (Å²) in [5, 5.41) is 4.22. The van der Waals surface area contributed by atoms with Crippen LogP contribution in [0.25, 0.3) is 0 Å². The third kappa shape index (κ3) is 3.74. The van der Waals surface area contributed by atoms with Crippen LogP contribution in [-0.2, 0) is 11.2 Å². The molecule has 0 aliphatic carbocycles. The molecular weight excluding hydrogens is 335 g/mol. The fourth-order valence-corrected chi connectivity index (χ4v) is 3.66. The number of nitrogens with zero attached hydrogens (tertiary/aromatic N) is 1. The zero-order valence-electron chi connectivity index (χ0n) is 12.3. The molecule has 3 rings (SSSR count). The van der Waals surface area contributed by atoms with E-state index < -0.39 is 4.75 Å². The van der Waals surface area contributed by atoms with Gasteiger partial charge >= 0.3 is 0 Å². The van der Waals surface area contributed by atoms with Gasteiger partial charge in [-0.15, -0.1) is 0 Å². The average Bonchev–Trinajstić information content (AvgIpc) is 2.75. The average molecular weight is 349 g/mol. The predicted octanol–water partition coefficient (Wildman–Crippen LogP) is 4.52. The van der Waals surface area contributed by atoms with Crippen molar-refractivity contribution in [3.05, 3.63) is 64.9 Å². The molecule has 0 spiro atoms. The lowest BCUT2D eigenvalue weighted by Gasteiger charge is -2.20. The summed E-state index contributed by atoms with van der Waals surface area (Å²) in [6.45, 7) is 1.86. The number of carbonyl (C=O) groups excluding carboxylic acids is 1. The summed E-state index contributed by atoms with van der Waals surface area (Å²) in [6.07, 6.45) is 0.537. The van der Waals surface area contributed by atoms with Gasteiger partial charge in [-0.05, 0) is 55.3 Å². The minimum absolute atomic E-state index is 0.188. The molecule has 0 saturated heterocycles. The normalized spacial score (nSPS) is 20.5. The molecule has 1 N–H and O–H groups in total. The molecule has 1 heterocycles. The number of halogens is 2. The van der Waals surface area contributed by atoms with E-state index in [0.717, 1.165) is 5.56 Å². The molecule has 6 heteroatoms. The van der Waals surface area contributed by atoms with Gasteiger partial charge in [-0.2, -0.15) is 4.99 Å². The van der Waals surface area contributed by atoms with Crippen molar-refractivity contribution in [1.29, 1.82) is 0 Å². The lowest BCUT2D eigenvalue weighted by molar-refractivity contribution is -0.119. The number of rotatable bonds is 3. The highest BCUT2D eigenvalue weighted by atomic mass is 35.5. The SMILES string of the molecule is CC1(Cc2cccc(Cl)c2)SC(Nc2ccc(F)cc2)=NC1=O. The van der Waals surface area contributed by atoms with E-state index in [0.29, 0.717) is 22.3 Å². The molecular formula is C17H14ClFN2OS. The Hall–Kier alpha value is -1.85. The van der Waals surface area contributed by atoms with Crippen molar-refractivity contribution in [2.45, 2.75) is 18.1 Å². The molecule has 118 valence electrons. The molecule has 2 aromatic carbocycles. The van der Waals surface area contributed by atoms with Crippen LogP contribution in [0.5, 0.6) is 0 Å². The monoisotopic (exact) mass is 348 g/mol. The molecule has 0 radical (unpaired) electrons. The summed E-state index contributed by atoms with van der Waals surface area (Å²) in [7, 11) is 0. The van der Waals surface area contributed by atoms with E-state index in [1.165, 1.54) is 23.9 Å². The van der Waals surface area contributed by atoms with Crippen LogP contribution in [0.15, 0.2) is 53.5 Å². The van der Waals surface area contributed by atoms with Crippen LogP contribution in [-0.4, -0.2) is 15.8 Å². The highest BCUT2D eigenvalue weighted by Gasteiger charge is 2.41. The molecule has 0 saturated carbocycles. The number of benzene rings is 2. The second kappa shape index (κ2) is 6.34. The van der Waals surface area contributed by atoms with Crippen LogP contribution in [0.4, 0.5) is 10.1 Å². The van der Waals surface area contributed by atoms with Crippen molar-refractivity contribution in [2.75, 3.05) is 5.32 Å². The molecule has 1 atom stereocenters. The maximum absolute atomic E-state index is 12.9. The van der Waals surface area contributed by atoms with Gasteiger partial charge in [0.1, 0.15) is 10.6 Å². The molecule has 1 amide bonds. The first-order valence-electron chi connectivity index (χ1n) is 7.04. The Morgan fingerprint density at radius 3 is 2.70 bits per heavy atom. The third-order valence-corrected chi connectivity index (χ3v) is 4.89. The fourth-order valence-electron chi connectivity index (χ4n) is 2.35. The van der Waals surface area contributed by atoms with E-state index in [2.05, 4.69) is 10.3 Å². The van der Waals surface area contributed by atoms with E-state index in [-0.39, 0.29) is 11.7 Å². The van der Waals surface area contributed by atoms with Crippen molar-refractivity contribution in [3.8, 4) is 0 Å². The lowest BCUT2D eigenvalue weighted by Crippen LogP contribution is -2.30. The van der Waals surface area contributed by atoms with Crippen molar-refractivity contribution < 1.29 is 9.18 Å². The van der Waals surface area contributed by atoms with Crippen LogP contribution in [0, 0.1) is 5.82 Å². The van der Waals surface area contributed by atoms with Crippen molar-refractivity contribution in [1.82, 2.24) is 0 Å². The Balaban J connectivity index is 1.72. The van der Waals surface area contributed by atoms with E-state index in [1.807, 2.05) is 25.1 Å². The van der Waals surface area contributed by atoms with Gasteiger partial charge < -0.3 is 5.32 Å². The van der Waals surface area contributed by atoms with Crippen LogP contribution >= 0.6 is 23.4 Å². The Bertz CT molecular complexity index is 778. The zero-order valence-corrected chi connectivity index (χ0v) is 13.9. The molecule has 3 nitrogen and oxygen atoms in total. The van der Waals surface area contributed by atoms with Gasteiger partial charge in [-0.3, -0.25) is 4.79 Å².